The molecular weight excluding hydrogens is 312 g/mol. The number of benzene rings is 1. The minimum Gasteiger partial charge on any atom is -0.399 e. The van der Waals surface area contributed by atoms with Gasteiger partial charge in [0.25, 0.3) is 11.8 Å². The zero-order chi connectivity index (χ0) is 13.2. The molecule has 2 N–H and O–H groups in total. The van der Waals surface area contributed by atoms with Gasteiger partial charge in [-0.15, -0.1) is 0 Å². The van der Waals surface area contributed by atoms with Crippen molar-refractivity contribution in [3.8, 4) is 11.5 Å². The first-order valence-corrected chi connectivity index (χ1v) is 6.74. The lowest BCUT2D eigenvalue weighted by atomic mass is 10.2. The van der Waals surface area contributed by atoms with Crippen LogP contribution in [-0.2, 0) is 4.74 Å². The molecule has 0 radical (unpaired) electrons. The van der Waals surface area contributed by atoms with Crippen LogP contribution in [0, 0.1) is 0 Å². The summed E-state index contributed by atoms with van der Waals surface area (Å²) in [6, 6.07) is 5.52. The SMILES string of the molecule is Nc1cc(Br)cc(-c2nc(N3CCOCC3)no2)c1. The second kappa shape index (κ2) is 5.18. The second-order valence-electron chi connectivity index (χ2n) is 4.27. The van der Waals surface area contributed by atoms with Crippen LogP contribution in [0.15, 0.2) is 27.2 Å². The number of hydrogen-bond acceptors (Lipinski definition) is 6. The molecule has 2 heterocycles. The number of halogens is 1. The molecular formula is C12H13BrN4O2. The molecule has 1 aliphatic heterocycles. The number of morpholine rings is 1. The molecule has 1 aromatic carbocycles. The molecule has 0 amide bonds. The van der Waals surface area contributed by atoms with E-state index in [0.717, 1.165) is 23.1 Å². The van der Waals surface area contributed by atoms with E-state index in [1.807, 2.05) is 17.0 Å². The third-order valence-electron chi connectivity index (χ3n) is 2.88. The molecule has 0 aliphatic carbocycles. The van der Waals surface area contributed by atoms with E-state index in [9.17, 15) is 0 Å². The van der Waals surface area contributed by atoms with Crippen molar-refractivity contribution in [3.63, 3.8) is 0 Å². The maximum Gasteiger partial charge on any atom is 0.266 e. The summed E-state index contributed by atoms with van der Waals surface area (Å²) >= 11 is 3.40. The number of hydrogen-bond donors (Lipinski definition) is 1. The first-order valence-electron chi connectivity index (χ1n) is 5.95. The van der Waals surface area contributed by atoms with Crippen molar-refractivity contribution in [3.05, 3.63) is 22.7 Å². The van der Waals surface area contributed by atoms with Crippen LogP contribution in [0.5, 0.6) is 0 Å². The Morgan fingerprint density at radius 3 is 2.74 bits per heavy atom. The fourth-order valence-electron chi connectivity index (χ4n) is 1.96. The summed E-state index contributed by atoms with van der Waals surface area (Å²) in [5, 5.41) is 4.00. The summed E-state index contributed by atoms with van der Waals surface area (Å²) in [5.41, 5.74) is 7.25. The van der Waals surface area contributed by atoms with Gasteiger partial charge in [-0.25, -0.2) is 0 Å². The molecule has 1 aromatic heterocycles. The summed E-state index contributed by atoms with van der Waals surface area (Å²) in [7, 11) is 0. The average molecular weight is 325 g/mol. The quantitative estimate of drug-likeness (QED) is 0.850. The van der Waals surface area contributed by atoms with Crippen LogP contribution in [0.1, 0.15) is 0 Å². The summed E-state index contributed by atoms with van der Waals surface area (Å²) < 4.78 is 11.5. The highest BCUT2D eigenvalue weighted by Crippen LogP contribution is 2.26. The van der Waals surface area contributed by atoms with Crippen molar-refractivity contribution >= 4 is 27.6 Å². The lowest BCUT2D eigenvalue weighted by molar-refractivity contribution is 0.121. The number of nitrogen functional groups attached to an aromatic ring is 1. The van der Waals surface area contributed by atoms with Crippen molar-refractivity contribution in [2.45, 2.75) is 0 Å². The van der Waals surface area contributed by atoms with E-state index in [-0.39, 0.29) is 0 Å². The monoisotopic (exact) mass is 324 g/mol. The highest BCUT2D eigenvalue weighted by Gasteiger charge is 2.18. The van der Waals surface area contributed by atoms with Gasteiger partial charge in [0.15, 0.2) is 0 Å². The van der Waals surface area contributed by atoms with Crippen LogP contribution < -0.4 is 10.6 Å². The molecule has 100 valence electrons. The standard InChI is InChI=1S/C12H13BrN4O2/c13-9-5-8(6-10(14)7-9)11-15-12(16-19-11)17-1-3-18-4-2-17/h5-7H,1-4,14H2. The Morgan fingerprint density at radius 1 is 1.21 bits per heavy atom. The van der Waals surface area contributed by atoms with Gasteiger partial charge >= 0.3 is 0 Å². The minimum atomic E-state index is 0.467. The number of nitrogens with two attached hydrogens (primary N) is 1. The van der Waals surface area contributed by atoms with E-state index in [4.69, 9.17) is 15.0 Å². The summed E-state index contributed by atoms with van der Waals surface area (Å²) in [4.78, 5) is 6.44. The van der Waals surface area contributed by atoms with Gasteiger partial charge in [0.1, 0.15) is 0 Å². The molecule has 0 atom stereocenters. The highest BCUT2D eigenvalue weighted by atomic mass is 79.9. The Morgan fingerprint density at radius 2 is 2.00 bits per heavy atom. The van der Waals surface area contributed by atoms with Crippen molar-refractivity contribution in [2.75, 3.05) is 36.9 Å². The van der Waals surface area contributed by atoms with Crippen molar-refractivity contribution in [1.82, 2.24) is 10.1 Å². The van der Waals surface area contributed by atoms with Gasteiger partial charge in [0.2, 0.25) is 0 Å². The molecule has 6 nitrogen and oxygen atoms in total. The fourth-order valence-corrected chi connectivity index (χ4v) is 2.47. The van der Waals surface area contributed by atoms with Crippen LogP contribution in [0.4, 0.5) is 11.6 Å². The molecule has 0 saturated carbocycles. The zero-order valence-corrected chi connectivity index (χ0v) is 11.8. The number of ether oxygens (including phenoxy) is 1. The molecule has 1 saturated heterocycles. The third kappa shape index (κ3) is 2.71. The first kappa shape index (κ1) is 12.4. The molecule has 0 unspecified atom stereocenters. The first-order chi connectivity index (χ1) is 9.22. The van der Waals surface area contributed by atoms with Crippen LogP contribution in [0.2, 0.25) is 0 Å². The van der Waals surface area contributed by atoms with Crippen LogP contribution in [-0.4, -0.2) is 36.4 Å². The van der Waals surface area contributed by atoms with Gasteiger partial charge in [-0.1, -0.05) is 15.9 Å². The molecule has 0 bridgehead atoms. The van der Waals surface area contributed by atoms with E-state index >= 15 is 0 Å². The van der Waals surface area contributed by atoms with Gasteiger partial charge in [0, 0.05) is 28.8 Å². The van der Waals surface area contributed by atoms with E-state index in [1.54, 1.807) is 6.07 Å². The number of aromatic nitrogens is 2. The maximum atomic E-state index is 5.80. The van der Waals surface area contributed by atoms with Crippen LogP contribution >= 0.6 is 15.9 Å². The van der Waals surface area contributed by atoms with Crippen molar-refractivity contribution < 1.29 is 9.26 Å². The Labute approximate surface area is 118 Å². The van der Waals surface area contributed by atoms with Gasteiger partial charge in [-0.2, -0.15) is 4.98 Å². The Balaban J connectivity index is 1.87. The van der Waals surface area contributed by atoms with Crippen molar-refractivity contribution in [2.24, 2.45) is 0 Å². The molecule has 1 fully saturated rings. The predicted octanol–water partition coefficient (Wildman–Crippen LogP) is 1.92. The fraction of sp³-hybridized carbons (Fsp3) is 0.333. The van der Waals surface area contributed by atoms with Gasteiger partial charge in [0.05, 0.1) is 13.2 Å². The largest absolute Gasteiger partial charge is 0.399 e. The number of anilines is 2. The smallest absolute Gasteiger partial charge is 0.266 e. The Hall–Kier alpha value is -1.60. The maximum absolute atomic E-state index is 5.80. The summed E-state index contributed by atoms with van der Waals surface area (Å²) in [6.45, 7) is 2.93. The average Bonchev–Trinajstić information content (AvgIpc) is 2.88. The molecule has 1 aliphatic rings. The van der Waals surface area contributed by atoms with Crippen LogP contribution in [0.25, 0.3) is 11.5 Å². The van der Waals surface area contributed by atoms with E-state index in [2.05, 4.69) is 26.1 Å². The van der Waals surface area contributed by atoms with Crippen molar-refractivity contribution in [1.29, 1.82) is 0 Å². The zero-order valence-electron chi connectivity index (χ0n) is 10.2. The molecule has 19 heavy (non-hydrogen) atoms. The lowest BCUT2D eigenvalue weighted by Crippen LogP contribution is -2.36. The minimum absolute atomic E-state index is 0.467. The summed E-state index contributed by atoms with van der Waals surface area (Å²) in [6.07, 6.45) is 0. The van der Waals surface area contributed by atoms with Gasteiger partial charge in [-0.3, -0.25) is 0 Å². The molecule has 2 aromatic rings. The van der Waals surface area contributed by atoms with E-state index in [1.165, 1.54) is 0 Å². The summed E-state index contributed by atoms with van der Waals surface area (Å²) in [5.74, 6) is 1.06. The predicted molar refractivity (Wildman–Crippen MR) is 74.9 cm³/mol. The van der Waals surface area contributed by atoms with Gasteiger partial charge < -0.3 is 19.9 Å². The second-order valence-corrected chi connectivity index (χ2v) is 5.19. The van der Waals surface area contributed by atoms with Crippen LogP contribution in [0.3, 0.4) is 0 Å². The Bertz CT molecular complexity index is 561. The van der Waals surface area contributed by atoms with E-state index < -0.39 is 0 Å². The number of nitrogens with zero attached hydrogens (tertiary/aromatic N) is 3. The lowest BCUT2D eigenvalue weighted by Gasteiger charge is -2.24. The van der Waals surface area contributed by atoms with E-state index in [0.29, 0.717) is 30.7 Å². The van der Waals surface area contributed by atoms with Gasteiger partial charge in [-0.05, 0) is 23.4 Å². The molecule has 0 spiro atoms. The Kier molecular flexibility index (Phi) is 3.39. The number of rotatable bonds is 2. The highest BCUT2D eigenvalue weighted by molar-refractivity contribution is 9.10. The normalized spacial score (nSPS) is 15.7. The molecule has 3 rings (SSSR count). The third-order valence-corrected chi connectivity index (χ3v) is 3.33. The topological polar surface area (TPSA) is 77.4 Å². The molecule has 7 heteroatoms.